The number of aliphatic hydroxyl groups excluding tert-OH is 2. The van der Waals surface area contributed by atoms with Gasteiger partial charge < -0.3 is 10.2 Å². The van der Waals surface area contributed by atoms with E-state index in [0.29, 0.717) is 12.8 Å². The number of thioether (sulfide) groups is 1. The molecule has 0 amide bonds. The monoisotopic (exact) mass is 174 g/mol. The molecule has 0 saturated heterocycles. The van der Waals surface area contributed by atoms with Crippen molar-refractivity contribution in [2.45, 2.75) is 12.8 Å². The normalized spacial score (nSPS) is 9.45. The first-order valence-electron chi connectivity index (χ1n) is 3.44. The largest absolute Gasteiger partial charge is 0.513 e. The lowest BCUT2D eigenvalue weighted by Gasteiger charge is -1.99. The van der Waals surface area contributed by atoms with Crippen molar-refractivity contribution in [1.29, 1.82) is 0 Å². The van der Waals surface area contributed by atoms with Gasteiger partial charge in [0.05, 0.1) is 11.5 Å². The summed E-state index contributed by atoms with van der Waals surface area (Å²) in [6.45, 7) is 6.73. The van der Waals surface area contributed by atoms with Gasteiger partial charge in [-0.1, -0.05) is 13.2 Å². The zero-order valence-corrected chi connectivity index (χ0v) is 7.36. The van der Waals surface area contributed by atoms with Crippen molar-refractivity contribution in [2.24, 2.45) is 0 Å². The van der Waals surface area contributed by atoms with Crippen molar-refractivity contribution in [2.75, 3.05) is 11.5 Å². The Bertz CT molecular complexity index is 127. The third kappa shape index (κ3) is 9.43. The molecule has 0 heterocycles. The summed E-state index contributed by atoms with van der Waals surface area (Å²) in [6.07, 6.45) is 1.26. The Morgan fingerprint density at radius 3 is 1.64 bits per heavy atom. The molecule has 0 aliphatic heterocycles. The van der Waals surface area contributed by atoms with Gasteiger partial charge in [0.2, 0.25) is 0 Å². The van der Waals surface area contributed by atoms with E-state index < -0.39 is 0 Å². The summed E-state index contributed by atoms with van der Waals surface area (Å²) >= 11 is 1.67. The van der Waals surface area contributed by atoms with Crippen molar-refractivity contribution >= 4 is 11.8 Å². The second-order valence-corrected chi connectivity index (χ2v) is 3.47. The highest BCUT2D eigenvalue weighted by molar-refractivity contribution is 7.99. The smallest absolute Gasteiger partial charge is 0.0859 e. The predicted molar refractivity (Wildman–Crippen MR) is 50.1 cm³/mol. The molecule has 0 radical (unpaired) electrons. The number of allylic oxidation sites excluding steroid dienone is 2. The fourth-order valence-corrected chi connectivity index (χ4v) is 1.45. The van der Waals surface area contributed by atoms with E-state index in [2.05, 4.69) is 13.2 Å². The van der Waals surface area contributed by atoms with Crippen molar-refractivity contribution < 1.29 is 10.2 Å². The lowest BCUT2D eigenvalue weighted by Crippen LogP contribution is -1.87. The van der Waals surface area contributed by atoms with Gasteiger partial charge in [-0.2, -0.15) is 11.8 Å². The van der Waals surface area contributed by atoms with Crippen LogP contribution in [0.5, 0.6) is 0 Å². The molecule has 0 aliphatic carbocycles. The van der Waals surface area contributed by atoms with Crippen molar-refractivity contribution in [3.8, 4) is 0 Å². The third-order valence-electron chi connectivity index (χ3n) is 1.07. The average molecular weight is 174 g/mol. The minimum atomic E-state index is 0.223. The summed E-state index contributed by atoms with van der Waals surface area (Å²) in [6, 6.07) is 0. The maximum atomic E-state index is 8.69. The summed E-state index contributed by atoms with van der Waals surface area (Å²) < 4.78 is 0. The Kier molecular flexibility index (Phi) is 5.84. The summed E-state index contributed by atoms with van der Waals surface area (Å²) in [4.78, 5) is 0. The highest BCUT2D eigenvalue weighted by Gasteiger charge is 1.92. The van der Waals surface area contributed by atoms with E-state index in [1.54, 1.807) is 11.8 Å². The molecule has 2 N–H and O–H groups in total. The molecule has 0 saturated carbocycles. The van der Waals surface area contributed by atoms with Gasteiger partial charge in [0.15, 0.2) is 0 Å². The van der Waals surface area contributed by atoms with E-state index in [0.717, 1.165) is 11.5 Å². The summed E-state index contributed by atoms with van der Waals surface area (Å²) in [5.74, 6) is 2.14. The van der Waals surface area contributed by atoms with Gasteiger partial charge >= 0.3 is 0 Å². The fourth-order valence-electron chi connectivity index (χ4n) is 0.482. The van der Waals surface area contributed by atoms with Crippen LogP contribution in [0.15, 0.2) is 24.7 Å². The van der Waals surface area contributed by atoms with Gasteiger partial charge in [0.1, 0.15) is 0 Å². The van der Waals surface area contributed by atoms with E-state index in [1.807, 2.05) is 0 Å². The molecular weight excluding hydrogens is 160 g/mol. The molecule has 0 aliphatic rings. The molecule has 0 bridgehead atoms. The Balaban J connectivity index is 3.03. The highest BCUT2D eigenvalue weighted by Crippen LogP contribution is 2.08. The number of rotatable bonds is 6. The lowest BCUT2D eigenvalue weighted by atomic mass is 10.4. The maximum absolute atomic E-state index is 8.69. The van der Waals surface area contributed by atoms with Crippen LogP contribution in [0, 0.1) is 0 Å². The molecule has 64 valence electrons. The van der Waals surface area contributed by atoms with Crippen LogP contribution in [0.4, 0.5) is 0 Å². The zero-order valence-electron chi connectivity index (χ0n) is 6.55. The van der Waals surface area contributed by atoms with E-state index in [4.69, 9.17) is 10.2 Å². The van der Waals surface area contributed by atoms with Crippen LogP contribution in [0.25, 0.3) is 0 Å². The van der Waals surface area contributed by atoms with Crippen LogP contribution >= 0.6 is 11.8 Å². The molecule has 0 aromatic rings. The molecule has 2 nitrogen and oxygen atoms in total. The van der Waals surface area contributed by atoms with Crippen LogP contribution in [0.2, 0.25) is 0 Å². The summed E-state index contributed by atoms with van der Waals surface area (Å²) in [5.41, 5.74) is 0. The SMILES string of the molecule is C=C(O)CCSCCC(=C)O. The van der Waals surface area contributed by atoms with E-state index in [-0.39, 0.29) is 11.5 Å². The number of hydrogen-bond donors (Lipinski definition) is 2. The molecule has 3 heteroatoms. The number of hydrogen-bond acceptors (Lipinski definition) is 3. The molecule has 0 atom stereocenters. The molecule has 0 rings (SSSR count). The van der Waals surface area contributed by atoms with Gasteiger partial charge in [0.25, 0.3) is 0 Å². The average Bonchev–Trinajstić information content (AvgIpc) is 1.85. The zero-order chi connectivity index (χ0) is 8.69. The van der Waals surface area contributed by atoms with Gasteiger partial charge in [-0.05, 0) is 0 Å². The van der Waals surface area contributed by atoms with E-state index in [9.17, 15) is 0 Å². The Hall–Kier alpha value is -0.570. The minimum Gasteiger partial charge on any atom is -0.513 e. The highest BCUT2D eigenvalue weighted by atomic mass is 32.2. The fraction of sp³-hybridized carbons (Fsp3) is 0.500. The second-order valence-electron chi connectivity index (χ2n) is 2.24. The Labute approximate surface area is 71.6 Å². The van der Waals surface area contributed by atoms with Crippen LogP contribution in [0.1, 0.15) is 12.8 Å². The first-order chi connectivity index (χ1) is 5.13. The van der Waals surface area contributed by atoms with E-state index >= 15 is 0 Å². The van der Waals surface area contributed by atoms with Crippen LogP contribution in [0.3, 0.4) is 0 Å². The summed E-state index contributed by atoms with van der Waals surface area (Å²) in [7, 11) is 0. The third-order valence-corrected chi connectivity index (χ3v) is 2.06. The number of aliphatic hydroxyl groups is 2. The van der Waals surface area contributed by atoms with Gasteiger partial charge in [-0.3, -0.25) is 0 Å². The van der Waals surface area contributed by atoms with Crippen LogP contribution in [-0.4, -0.2) is 21.7 Å². The molecule has 0 spiro atoms. The predicted octanol–water partition coefficient (Wildman–Crippen LogP) is 2.64. The standard InChI is InChI=1S/C8H14O2S/c1-7(9)3-5-11-6-4-8(2)10/h9-10H,1-6H2. The topological polar surface area (TPSA) is 40.5 Å². The minimum absolute atomic E-state index is 0.223. The van der Waals surface area contributed by atoms with Gasteiger partial charge in [0, 0.05) is 24.3 Å². The molecule has 11 heavy (non-hydrogen) atoms. The Morgan fingerprint density at radius 1 is 1.00 bits per heavy atom. The van der Waals surface area contributed by atoms with Crippen molar-refractivity contribution in [1.82, 2.24) is 0 Å². The van der Waals surface area contributed by atoms with Gasteiger partial charge in [-0.15, -0.1) is 0 Å². The Morgan fingerprint density at radius 2 is 1.36 bits per heavy atom. The molecular formula is C8H14O2S. The second kappa shape index (κ2) is 6.16. The van der Waals surface area contributed by atoms with E-state index in [1.165, 1.54) is 0 Å². The molecule has 0 unspecified atom stereocenters. The van der Waals surface area contributed by atoms with Gasteiger partial charge in [-0.25, -0.2) is 0 Å². The van der Waals surface area contributed by atoms with Crippen LogP contribution < -0.4 is 0 Å². The summed E-state index contributed by atoms with van der Waals surface area (Å²) in [5, 5.41) is 17.4. The molecule has 0 aromatic carbocycles. The quantitative estimate of drug-likeness (QED) is 0.480. The van der Waals surface area contributed by atoms with Crippen molar-refractivity contribution in [3.05, 3.63) is 24.7 Å². The first kappa shape index (κ1) is 10.4. The molecule has 0 fully saturated rings. The molecule has 0 aromatic heterocycles. The van der Waals surface area contributed by atoms with Crippen LogP contribution in [-0.2, 0) is 0 Å². The van der Waals surface area contributed by atoms with Crippen molar-refractivity contribution in [3.63, 3.8) is 0 Å². The first-order valence-corrected chi connectivity index (χ1v) is 4.59. The lowest BCUT2D eigenvalue weighted by molar-refractivity contribution is 0.398. The maximum Gasteiger partial charge on any atom is 0.0859 e.